The topological polar surface area (TPSA) is 21.3 Å². The van der Waals surface area contributed by atoms with Gasteiger partial charge in [0, 0.05) is 18.6 Å². The highest BCUT2D eigenvalue weighted by molar-refractivity contribution is 5.26. The highest BCUT2D eigenvalue weighted by Crippen LogP contribution is 2.29. The fourth-order valence-electron chi connectivity index (χ4n) is 2.71. The summed E-state index contributed by atoms with van der Waals surface area (Å²) in [6, 6.07) is 9.36. The van der Waals surface area contributed by atoms with Crippen LogP contribution < -0.4 is 5.32 Å². The Hall–Kier alpha value is -0.860. The van der Waals surface area contributed by atoms with Gasteiger partial charge in [0.25, 0.3) is 0 Å². The van der Waals surface area contributed by atoms with Gasteiger partial charge >= 0.3 is 0 Å². The SMILES string of the molecule is CCc1cccc(C(NC)C2CCCOC2)c1. The van der Waals surface area contributed by atoms with Crippen molar-refractivity contribution < 1.29 is 4.74 Å². The van der Waals surface area contributed by atoms with E-state index < -0.39 is 0 Å². The molecule has 1 aliphatic rings. The van der Waals surface area contributed by atoms with Gasteiger partial charge in [-0.05, 0) is 37.4 Å². The molecular formula is C15H23NO. The summed E-state index contributed by atoms with van der Waals surface area (Å²) in [5.41, 5.74) is 2.82. The zero-order valence-corrected chi connectivity index (χ0v) is 10.9. The zero-order chi connectivity index (χ0) is 12.1. The van der Waals surface area contributed by atoms with Crippen LogP contribution in [0.3, 0.4) is 0 Å². The van der Waals surface area contributed by atoms with Gasteiger partial charge in [-0.25, -0.2) is 0 Å². The predicted octanol–water partition coefficient (Wildman–Crippen LogP) is 2.94. The Bertz CT molecular complexity index is 345. The summed E-state index contributed by atoms with van der Waals surface area (Å²) in [4.78, 5) is 0. The van der Waals surface area contributed by atoms with Crippen LogP contribution in [0.25, 0.3) is 0 Å². The van der Waals surface area contributed by atoms with Gasteiger partial charge in [0.1, 0.15) is 0 Å². The van der Waals surface area contributed by atoms with Gasteiger partial charge in [0.15, 0.2) is 0 Å². The first-order chi connectivity index (χ1) is 8.35. The van der Waals surface area contributed by atoms with Crippen LogP contribution >= 0.6 is 0 Å². The Morgan fingerprint density at radius 3 is 3.00 bits per heavy atom. The second-order valence-corrected chi connectivity index (χ2v) is 4.84. The molecule has 2 unspecified atom stereocenters. The summed E-state index contributed by atoms with van der Waals surface area (Å²) in [6.07, 6.45) is 3.56. The molecule has 17 heavy (non-hydrogen) atoms. The minimum Gasteiger partial charge on any atom is -0.381 e. The smallest absolute Gasteiger partial charge is 0.0512 e. The van der Waals surface area contributed by atoms with Crippen molar-refractivity contribution in [2.24, 2.45) is 5.92 Å². The van der Waals surface area contributed by atoms with E-state index in [-0.39, 0.29) is 0 Å². The molecule has 1 heterocycles. The molecule has 0 amide bonds. The average molecular weight is 233 g/mol. The predicted molar refractivity (Wildman–Crippen MR) is 71.2 cm³/mol. The number of hydrogen-bond acceptors (Lipinski definition) is 2. The molecule has 0 radical (unpaired) electrons. The molecule has 2 atom stereocenters. The Labute approximate surface area is 104 Å². The van der Waals surface area contributed by atoms with Crippen molar-refractivity contribution in [1.29, 1.82) is 0 Å². The van der Waals surface area contributed by atoms with Crippen LogP contribution in [0.5, 0.6) is 0 Å². The van der Waals surface area contributed by atoms with Crippen LogP contribution in [0, 0.1) is 5.92 Å². The lowest BCUT2D eigenvalue weighted by Gasteiger charge is -2.30. The summed E-state index contributed by atoms with van der Waals surface area (Å²) in [5, 5.41) is 3.46. The van der Waals surface area contributed by atoms with E-state index in [1.807, 2.05) is 0 Å². The fraction of sp³-hybridized carbons (Fsp3) is 0.600. The van der Waals surface area contributed by atoms with E-state index in [1.165, 1.54) is 24.0 Å². The first kappa shape index (κ1) is 12.6. The van der Waals surface area contributed by atoms with E-state index in [2.05, 4.69) is 43.6 Å². The lowest BCUT2D eigenvalue weighted by Crippen LogP contribution is -2.31. The molecule has 1 aromatic carbocycles. The molecule has 2 rings (SSSR count). The normalized spacial score (nSPS) is 22.4. The van der Waals surface area contributed by atoms with E-state index in [9.17, 15) is 0 Å². The van der Waals surface area contributed by atoms with Crippen molar-refractivity contribution in [3.05, 3.63) is 35.4 Å². The van der Waals surface area contributed by atoms with Gasteiger partial charge < -0.3 is 10.1 Å². The van der Waals surface area contributed by atoms with Crippen molar-refractivity contribution in [1.82, 2.24) is 5.32 Å². The molecule has 2 heteroatoms. The van der Waals surface area contributed by atoms with Crippen molar-refractivity contribution in [2.45, 2.75) is 32.2 Å². The van der Waals surface area contributed by atoms with Crippen molar-refractivity contribution >= 4 is 0 Å². The Morgan fingerprint density at radius 1 is 1.47 bits per heavy atom. The molecule has 0 spiro atoms. The summed E-state index contributed by atoms with van der Waals surface area (Å²) in [5.74, 6) is 0.612. The molecule has 1 aliphatic heterocycles. The third kappa shape index (κ3) is 3.08. The van der Waals surface area contributed by atoms with Crippen molar-refractivity contribution in [3.8, 4) is 0 Å². The minimum absolute atomic E-state index is 0.432. The summed E-state index contributed by atoms with van der Waals surface area (Å²) in [7, 11) is 2.05. The van der Waals surface area contributed by atoms with E-state index in [0.29, 0.717) is 12.0 Å². The third-order valence-corrected chi connectivity index (χ3v) is 3.70. The average Bonchev–Trinajstić information content (AvgIpc) is 2.41. The number of aryl methyl sites for hydroxylation is 1. The van der Waals surface area contributed by atoms with Gasteiger partial charge in [0.05, 0.1) is 6.61 Å². The van der Waals surface area contributed by atoms with Gasteiger partial charge in [-0.3, -0.25) is 0 Å². The molecule has 0 bridgehead atoms. The maximum atomic E-state index is 5.60. The third-order valence-electron chi connectivity index (χ3n) is 3.70. The van der Waals surface area contributed by atoms with Crippen molar-refractivity contribution in [3.63, 3.8) is 0 Å². The first-order valence-electron chi connectivity index (χ1n) is 6.69. The first-order valence-corrected chi connectivity index (χ1v) is 6.69. The Kier molecular flexibility index (Phi) is 4.57. The quantitative estimate of drug-likeness (QED) is 0.863. The monoisotopic (exact) mass is 233 g/mol. The number of benzene rings is 1. The van der Waals surface area contributed by atoms with Crippen LogP contribution in [0.15, 0.2) is 24.3 Å². The number of rotatable bonds is 4. The second kappa shape index (κ2) is 6.18. The molecule has 2 nitrogen and oxygen atoms in total. The van der Waals surface area contributed by atoms with E-state index in [0.717, 1.165) is 19.6 Å². The Morgan fingerprint density at radius 2 is 2.35 bits per heavy atom. The Balaban J connectivity index is 2.15. The highest BCUT2D eigenvalue weighted by Gasteiger charge is 2.24. The molecule has 94 valence electrons. The minimum atomic E-state index is 0.432. The lowest BCUT2D eigenvalue weighted by atomic mass is 9.88. The number of ether oxygens (including phenoxy) is 1. The van der Waals surface area contributed by atoms with Gasteiger partial charge in [-0.15, -0.1) is 0 Å². The van der Waals surface area contributed by atoms with Crippen LogP contribution in [0.4, 0.5) is 0 Å². The highest BCUT2D eigenvalue weighted by atomic mass is 16.5. The van der Waals surface area contributed by atoms with Crippen LogP contribution in [0.1, 0.15) is 36.9 Å². The molecular weight excluding hydrogens is 210 g/mol. The maximum absolute atomic E-state index is 5.60. The summed E-state index contributed by atoms with van der Waals surface area (Å²) < 4.78 is 5.60. The summed E-state index contributed by atoms with van der Waals surface area (Å²) in [6.45, 7) is 4.03. The number of nitrogens with one attached hydrogen (secondary N) is 1. The second-order valence-electron chi connectivity index (χ2n) is 4.84. The standard InChI is InChI=1S/C15H23NO/c1-3-12-6-4-7-13(10-12)15(16-2)14-8-5-9-17-11-14/h4,6-7,10,14-16H,3,5,8-9,11H2,1-2H3. The van der Waals surface area contributed by atoms with E-state index in [4.69, 9.17) is 4.74 Å². The molecule has 0 aliphatic carbocycles. The lowest BCUT2D eigenvalue weighted by molar-refractivity contribution is 0.0402. The molecule has 1 N–H and O–H groups in total. The van der Waals surface area contributed by atoms with Crippen LogP contribution in [-0.4, -0.2) is 20.3 Å². The maximum Gasteiger partial charge on any atom is 0.0512 e. The van der Waals surface area contributed by atoms with Crippen LogP contribution in [0.2, 0.25) is 0 Å². The van der Waals surface area contributed by atoms with Gasteiger partial charge in [-0.2, -0.15) is 0 Å². The molecule has 1 saturated heterocycles. The van der Waals surface area contributed by atoms with Gasteiger partial charge in [0.2, 0.25) is 0 Å². The van der Waals surface area contributed by atoms with Crippen molar-refractivity contribution in [2.75, 3.05) is 20.3 Å². The fourth-order valence-corrected chi connectivity index (χ4v) is 2.71. The molecule has 1 fully saturated rings. The molecule has 1 aromatic rings. The van der Waals surface area contributed by atoms with E-state index >= 15 is 0 Å². The summed E-state index contributed by atoms with van der Waals surface area (Å²) >= 11 is 0. The number of hydrogen-bond donors (Lipinski definition) is 1. The largest absolute Gasteiger partial charge is 0.381 e. The molecule has 0 saturated carbocycles. The van der Waals surface area contributed by atoms with E-state index in [1.54, 1.807) is 0 Å². The zero-order valence-electron chi connectivity index (χ0n) is 10.9. The van der Waals surface area contributed by atoms with Crippen LogP contribution in [-0.2, 0) is 11.2 Å². The van der Waals surface area contributed by atoms with Gasteiger partial charge in [-0.1, -0.05) is 31.2 Å². The molecule has 0 aromatic heterocycles.